The van der Waals surface area contributed by atoms with E-state index in [0.29, 0.717) is 6.61 Å². The molecule has 0 aliphatic carbocycles. The van der Waals surface area contributed by atoms with E-state index in [9.17, 15) is 4.57 Å². The predicted octanol–water partition coefficient (Wildman–Crippen LogP) is 2.93. The van der Waals surface area contributed by atoms with Crippen LogP contribution in [0, 0.1) is 0 Å². The maximum Gasteiger partial charge on any atom is 0.395 e. The summed E-state index contributed by atoms with van der Waals surface area (Å²) in [5.74, 6) is 0. The highest BCUT2D eigenvalue weighted by molar-refractivity contribution is 7.58. The second kappa shape index (κ2) is 6.82. The average Bonchev–Trinajstić information content (AvgIpc) is 2.15. The van der Waals surface area contributed by atoms with E-state index in [2.05, 4.69) is 13.2 Å². The zero-order chi connectivity index (χ0) is 11.0. The van der Waals surface area contributed by atoms with E-state index in [4.69, 9.17) is 13.8 Å². The van der Waals surface area contributed by atoms with Gasteiger partial charge in [0, 0.05) is 0 Å². The third kappa shape index (κ3) is 4.09. The summed E-state index contributed by atoms with van der Waals surface area (Å²) in [7, 11) is -3.33. The first-order chi connectivity index (χ1) is 6.60. The van der Waals surface area contributed by atoms with Crippen molar-refractivity contribution in [2.45, 2.75) is 13.8 Å². The van der Waals surface area contributed by atoms with Crippen LogP contribution in [0.25, 0.3) is 0 Å². The first-order valence-electron chi connectivity index (χ1n) is 4.43. The summed E-state index contributed by atoms with van der Waals surface area (Å²) >= 11 is 0. The van der Waals surface area contributed by atoms with Crippen LogP contribution in [0.3, 0.4) is 0 Å². The Bertz CT molecular complexity index is 237. The van der Waals surface area contributed by atoms with Gasteiger partial charge >= 0.3 is 7.60 Å². The van der Waals surface area contributed by atoms with Crippen molar-refractivity contribution in [3.8, 4) is 0 Å². The van der Waals surface area contributed by atoms with Gasteiger partial charge in [0.25, 0.3) is 0 Å². The highest BCUT2D eigenvalue weighted by Crippen LogP contribution is 2.55. The molecular formula is C9H17O4P. The van der Waals surface area contributed by atoms with Gasteiger partial charge in [-0.15, -0.1) is 6.58 Å². The highest BCUT2D eigenvalue weighted by atomic mass is 31.2. The van der Waals surface area contributed by atoms with Gasteiger partial charge in [-0.1, -0.05) is 6.08 Å². The molecule has 0 aromatic rings. The zero-order valence-corrected chi connectivity index (χ0v) is 9.59. The Morgan fingerprint density at radius 1 is 1.36 bits per heavy atom. The molecule has 0 radical (unpaired) electrons. The summed E-state index contributed by atoms with van der Waals surface area (Å²) in [5, 5.41) is 0. The van der Waals surface area contributed by atoms with Crippen LogP contribution >= 0.6 is 7.60 Å². The van der Waals surface area contributed by atoms with Gasteiger partial charge in [0.15, 0.2) is 0 Å². The molecule has 0 aliphatic rings. The van der Waals surface area contributed by atoms with E-state index in [1.807, 2.05) is 0 Å². The van der Waals surface area contributed by atoms with Crippen LogP contribution in [0.2, 0.25) is 0 Å². The van der Waals surface area contributed by atoms with Gasteiger partial charge in [-0.05, 0) is 20.4 Å². The number of hydrogen-bond donors (Lipinski definition) is 0. The Hall–Kier alpha value is -0.570. The smallest absolute Gasteiger partial charge is 0.395 e. The van der Waals surface area contributed by atoms with Crippen LogP contribution in [-0.2, 0) is 18.3 Å². The quantitative estimate of drug-likeness (QED) is 0.358. The summed E-state index contributed by atoms with van der Waals surface area (Å²) in [6.45, 7) is 11.3. The van der Waals surface area contributed by atoms with E-state index < -0.39 is 7.60 Å². The molecule has 4 nitrogen and oxygen atoms in total. The maximum absolute atomic E-state index is 11.9. The van der Waals surface area contributed by atoms with E-state index in [1.54, 1.807) is 13.8 Å². The molecule has 1 atom stereocenters. The molecule has 0 amide bonds. The van der Waals surface area contributed by atoms with Crippen LogP contribution in [-0.4, -0.2) is 19.8 Å². The van der Waals surface area contributed by atoms with Crippen molar-refractivity contribution in [1.82, 2.24) is 0 Å². The van der Waals surface area contributed by atoms with Crippen LogP contribution in [0.1, 0.15) is 13.8 Å². The van der Waals surface area contributed by atoms with Gasteiger partial charge in [0.05, 0.1) is 19.8 Å². The van der Waals surface area contributed by atoms with Gasteiger partial charge in [0.2, 0.25) is 5.50 Å². The highest BCUT2D eigenvalue weighted by Gasteiger charge is 2.29. The molecule has 82 valence electrons. The minimum atomic E-state index is -3.33. The Labute approximate surface area is 85.1 Å². The van der Waals surface area contributed by atoms with Crippen molar-refractivity contribution in [3.05, 3.63) is 24.7 Å². The molecule has 1 unspecified atom stereocenters. The molecule has 0 aromatic carbocycles. The van der Waals surface area contributed by atoms with Gasteiger partial charge < -0.3 is 9.26 Å². The lowest BCUT2D eigenvalue weighted by molar-refractivity contribution is 0.188. The van der Waals surface area contributed by atoms with E-state index in [0.717, 1.165) is 0 Å². The second-order valence-electron chi connectivity index (χ2n) is 2.33. The standard InChI is InChI=1S/C9H17O4P/c1-5-8-13-14(10,12-7-3)9(4)11-6-2/h5H,1,4,6-8H2,2-3H3. The first-order valence-corrected chi connectivity index (χ1v) is 5.97. The summed E-state index contributed by atoms with van der Waals surface area (Å²) in [4.78, 5) is 0. The molecule has 14 heavy (non-hydrogen) atoms. The van der Waals surface area contributed by atoms with E-state index in [1.165, 1.54) is 6.08 Å². The molecule has 0 rings (SSSR count). The third-order valence-electron chi connectivity index (χ3n) is 1.28. The molecule has 0 N–H and O–H groups in total. The van der Waals surface area contributed by atoms with Crippen molar-refractivity contribution < 1.29 is 18.3 Å². The molecule has 0 aromatic heterocycles. The third-order valence-corrected chi connectivity index (χ3v) is 3.10. The number of hydrogen-bond acceptors (Lipinski definition) is 4. The fourth-order valence-electron chi connectivity index (χ4n) is 0.748. The molecule has 0 heterocycles. The fourth-order valence-corrected chi connectivity index (χ4v) is 2.04. The molecule has 5 heteroatoms. The maximum atomic E-state index is 11.9. The summed E-state index contributed by atoms with van der Waals surface area (Å²) in [5.41, 5.74) is 0.0451. The molecule has 0 fully saturated rings. The molecular weight excluding hydrogens is 203 g/mol. The van der Waals surface area contributed by atoms with Crippen molar-refractivity contribution in [1.29, 1.82) is 0 Å². The number of ether oxygens (including phenoxy) is 1. The Balaban J connectivity index is 4.44. The molecule has 0 saturated heterocycles. The van der Waals surface area contributed by atoms with Gasteiger partial charge in [-0.3, -0.25) is 9.09 Å². The summed E-state index contributed by atoms with van der Waals surface area (Å²) in [6, 6.07) is 0. The van der Waals surface area contributed by atoms with Crippen LogP contribution < -0.4 is 0 Å². The van der Waals surface area contributed by atoms with Gasteiger partial charge in [-0.25, -0.2) is 0 Å². The summed E-state index contributed by atoms with van der Waals surface area (Å²) in [6.07, 6.45) is 1.49. The second-order valence-corrected chi connectivity index (χ2v) is 4.34. The zero-order valence-electron chi connectivity index (χ0n) is 8.69. The predicted molar refractivity (Wildman–Crippen MR) is 56.1 cm³/mol. The van der Waals surface area contributed by atoms with E-state index >= 15 is 0 Å². The average molecular weight is 220 g/mol. The minimum absolute atomic E-state index is 0.0451. The van der Waals surface area contributed by atoms with E-state index in [-0.39, 0.29) is 18.7 Å². The monoisotopic (exact) mass is 220 g/mol. The lowest BCUT2D eigenvalue weighted by Crippen LogP contribution is -2.01. The normalized spacial score (nSPS) is 14.4. The number of rotatable bonds is 8. The largest absolute Gasteiger partial charge is 0.487 e. The molecule has 0 aliphatic heterocycles. The SMILES string of the molecule is C=CCOP(=O)(OCC)C(=C)OCC. The van der Waals surface area contributed by atoms with Crippen molar-refractivity contribution in [2.24, 2.45) is 0 Å². The van der Waals surface area contributed by atoms with Crippen molar-refractivity contribution in [3.63, 3.8) is 0 Å². The van der Waals surface area contributed by atoms with Crippen molar-refractivity contribution in [2.75, 3.05) is 19.8 Å². The fraction of sp³-hybridized carbons (Fsp3) is 0.556. The topological polar surface area (TPSA) is 44.8 Å². The Morgan fingerprint density at radius 3 is 2.43 bits per heavy atom. The van der Waals surface area contributed by atoms with Crippen molar-refractivity contribution >= 4 is 7.60 Å². The lowest BCUT2D eigenvalue weighted by atomic mass is 10.7. The first kappa shape index (κ1) is 13.4. The van der Waals surface area contributed by atoms with Crippen LogP contribution in [0.15, 0.2) is 24.7 Å². The summed E-state index contributed by atoms with van der Waals surface area (Å²) < 4.78 is 27.0. The Morgan fingerprint density at radius 2 is 2.00 bits per heavy atom. The van der Waals surface area contributed by atoms with Crippen LogP contribution in [0.4, 0.5) is 0 Å². The molecule has 0 spiro atoms. The van der Waals surface area contributed by atoms with Crippen LogP contribution in [0.5, 0.6) is 0 Å². The molecule has 0 bridgehead atoms. The lowest BCUT2D eigenvalue weighted by Gasteiger charge is -2.18. The minimum Gasteiger partial charge on any atom is -0.487 e. The van der Waals surface area contributed by atoms with Gasteiger partial charge in [-0.2, -0.15) is 0 Å². The molecule has 0 saturated carbocycles. The van der Waals surface area contributed by atoms with Gasteiger partial charge in [0.1, 0.15) is 0 Å². The Kier molecular flexibility index (Phi) is 6.54.